The number of nitrogens with zero attached hydrogens (tertiary/aromatic N) is 5. The van der Waals surface area contributed by atoms with Gasteiger partial charge in [0.05, 0.1) is 88.7 Å². The Balaban J connectivity index is 0.000000325. The van der Waals surface area contributed by atoms with Gasteiger partial charge >= 0.3 is 11.8 Å². The fraction of sp³-hybridized carbons (Fsp3) is 0.508. The Morgan fingerprint density at radius 2 is 1.62 bits per heavy atom. The number of nitrogens with one attached hydrogen (secondary N) is 2. The molecule has 0 aliphatic carbocycles. The number of aliphatic hydroxyl groups is 2. The van der Waals surface area contributed by atoms with Crippen LogP contribution in [-0.4, -0.2) is 139 Å². The van der Waals surface area contributed by atoms with Crippen LogP contribution in [0.15, 0.2) is 75.7 Å². The van der Waals surface area contributed by atoms with E-state index in [4.69, 9.17) is 33.4 Å². The highest BCUT2D eigenvalue weighted by Crippen LogP contribution is 2.51. The first kappa shape index (κ1) is 63.8. The lowest BCUT2D eigenvalue weighted by molar-refractivity contribution is -0.160. The number of esters is 1. The first-order valence-corrected chi connectivity index (χ1v) is 30.0. The third-order valence-electron chi connectivity index (χ3n) is 16.8. The summed E-state index contributed by atoms with van der Waals surface area (Å²) in [5.41, 5.74) is 4.05. The van der Waals surface area contributed by atoms with Crippen molar-refractivity contribution in [3.05, 3.63) is 99.2 Å². The second-order valence-electron chi connectivity index (χ2n) is 23.4. The van der Waals surface area contributed by atoms with Crippen LogP contribution in [0, 0.1) is 50.4 Å². The van der Waals surface area contributed by atoms with Crippen molar-refractivity contribution >= 4 is 56.0 Å². The number of amides is 1. The summed E-state index contributed by atoms with van der Waals surface area (Å²) < 4.78 is 47.3. The van der Waals surface area contributed by atoms with Gasteiger partial charge in [0, 0.05) is 117 Å². The standard InChI is InChI=1S/C46H62N4O11.C17H19N3O3S/c1-22(2)21-50-18-16-46(17-19-50)48-34-31-32-39(54)28(8)42-33(31)43(56)45(10,61-42)59-20-15-30(58-11)25(5)41(60-29(9)51)27(7)38(53)26(6)37(52)23(3)13-12-14-24(4)44(57)47-36(40(32)55)35(34)49-46;1-10-8-18-15(11(2)16(10)23-4)9-24(21)17-19-13-6-5-12(22-3)7-14(13)20-17/h12-15,20,22-23,25-27,30,37-38,41,48,52-55H,16-19,21H2,1-11H3;5-8H,9H2,1-4H3,(H,19,20)/b13-12+,20-15+,24-14-,47-36?;/t23-,25+,26+,27+,30-,37-,38+,41+,45-;/m0./s1. The topological polar surface area (TPSA) is 286 Å². The summed E-state index contributed by atoms with van der Waals surface area (Å²) in [7, 11) is 3.37. The number of methoxy groups -OCH3 is 3. The number of Topliss-reactive ketones (excluding diaryl/α,β-unsaturated/α-hetero) is 1. The number of aromatic nitrogens is 3. The highest BCUT2D eigenvalue weighted by molar-refractivity contribution is 7.84. The Hall–Kier alpha value is -7.24. The van der Waals surface area contributed by atoms with E-state index in [-0.39, 0.29) is 55.4 Å². The molecule has 21 nitrogen and oxygen atoms in total. The van der Waals surface area contributed by atoms with Crippen molar-refractivity contribution in [2.24, 2.45) is 39.6 Å². The number of carbonyl (C=O) groups excluding carboxylic acids is 3. The van der Waals surface area contributed by atoms with Crippen molar-refractivity contribution in [1.29, 1.82) is 0 Å². The monoisotopic (exact) mass is 1190 g/mol. The largest absolute Gasteiger partial charge is 0.507 e. The number of phenols is 2. The number of rotatable bonds is 9. The molecule has 4 bridgehead atoms. The van der Waals surface area contributed by atoms with Crippen molar-refractivity contribution in [3.63, 3.8) is 0 Å². The number of benzene rings is 3. The number of piperidine rings is 1. The van der Waals surface area contributed by atoms with Crippen LogP contribution in [0.2, 0.25) is 0 Å². The van der Waals surface area contributed by atoms with Crippen molar-refractivity contribution in [2.45, 2.75) is 143 Å². The molecule has 1 spiro atoms. The van der Waals surface area contributed by atoms with Gasteiger partial charge in [0.2, 0.25) is 0 Å². The number of pyridine rings is 1. The second kappa shape index (κ2) is 25.8. The van der Waals surface area contributed by atoms with E-state index in [0.29, 0.717) is 29.6 Å². The van der Waals surface area contributed by atoms with Gasteiger partial charge in [-0.05, 0) is 51.8 Å². The van der Waals surface area contributed by atoms with Crippen LogP contribution in [0.3, 0.4) is 0 Å². The first-order chi connectivity index (χ1) is 40.2. The Kier molecular flexibility index (Phi) is 19.3. The fourth-order valence-corrected chi connectivity index (χ4v) is 12.9. The number of likely N-dealkylation sites (tertiary alicyclic amines) is 1. The van der Waals surface area contributed by atoms with Gasteiger partial charge < -0.3 is 64.0 Å². The molecule has 1 amide bonds. The van der Waals surface area contributed by atoms with Crippen LogP contribution in [0.25, 0.3) is 21.8 Å². The van der Waals surface area contributed by atoms with E-state index in [0.717, 1.165) is 59.0 Å². The molecule has 3 aromatic carbocycles. The maximum Gasteiger partial charge on any atom is 0.312 e. The van der Waals surface area contributed by atoms with Gasteiger partial charge in [-0.1, -0.05) is 59.8 Å². The predicted molar refractivity (Wildman–Crippen MR) is 321 cm³/mol. The second-order valence-corrected chi connectivity index (χ2v) is 24.8. The molecule has 10 atom stereocenters. The molecule has 6 N–H and O–H groups in total. The summed E-state index contributed by atoms with van der Waals surface area (Å²) in [5, 5.41) is 51.0. The number of aryl methyl sites for hydroxylation is 1. The number of hydrogen-bond donors (Lipinski definition) is 6. The number of anilines is 1. The molecule has 1 saturated heterocycles. The predicted octanol–water partition coefficient (Wildman–Crippen LogP) is 7.65. The maximum atomic E-state index is 14.7. The molecule has 9 rings (SSSR count). The van der Waals surface area contributed by atoms with Crippen LogP contribution >= 0.6 is 0 Å². The average molecular weight is 1190 g/mol. The summed E-state index contributed by atoms with van der Waals surface area (Å²) in [4.78, 5) is 64.8. The molecule has 6 heterocycles. The number of H-pyrrole nitrogens is 1. The van der Waals surface area contributed by atoms with Crippen molar-refractivity contribution in [3.8, 4) is 28.7 Å². The Bertz CT molecular complexity index is 3650. The minimum absolute atomic E-state index is 0.0538. The summed E-state index contributed by atoms with van der Waals surface area (Å²) in [6.45, 7) is 23.4. The van der Waals surface area contributed by atoms with Gasteiger partial charge in [-0.25, -0.2) is 9.98 Å². The number of ether oxygens (including phenoxy) is 6. The van der Waals surface area contributed by atoms with E-state index in [9.17, 15) is 39.0 Å². The summed E-state index contributed by atoms with van der Waals surface area (Å²) in [5.74, 6) is -4.78. The zero-order chi connectivity index (χ0) is 62.1. The number of hydrogen-bond acceptors (Lipinski definition) is 19. The summed E-state index contributed by atoms with van der Waals surface area (Å²) >= 11 is 0. The van der Waals surface area contributed by atoms with Crippen molar-refractivity contribution in [2.75, 3.05) is 46.3 Å². The molecule has 85 heavy (non-hydrogen) atoms. The van der Waals surface area contributed by atoms with Crippen LogP contribution in [0.4, 0.5) is 5.69 Å². The van der Waals surface area contributed by atoms with E-state index in [2.05, 4.69) is 44.0 Å². The molecule has 5 aromatic rings. The van der Waals surface area contributed by atoms with E-state index >= 15 is 0 Å². The minimum Gasteiger partial charge on any atom is -0.507 e. The quantitative estimate of drug-likeness (QED) is 0.0610. The number of imidazole rings is 1. The summed E-state index contributed by atoms with van der Waals surface area (Å²) in [6.07, 6.45) is 6.81. The molecule has 458 valence electrons. The maximum absolute atomic E-state index is 14.7. The highest BCUT2D eigenvalue weighted by Gasteiger charge is 2.51. The van der Waals surface area contributed by atoms with Crippen LogP contribution < -0.4 is 30.2 Å². The van der Waals surface area contributed by atoms with Gasteiger partial charge in [-0.2, -0.15) is 0 Å². The number of carbonyl (C=O) groups is 3. The molecule has 2 aromatic heterocycles. The van der Waals surface area contributed by atoms with Gasteiger partial charge in [0.25, 0.3) is 11.7 Å². The molecule has 1 fully saturated rings. The Morgan fingerprint density at radius 3 is 2.27 bits per heavy atom. The van der Waals surface area contributed by atoms with Crippen molar-refractivity contribution < 1.29 is 67.4 Å². The number of phenolic OH excluding ortho intramolecular Hbond substituents is 2. The Morgan fingerprint density at radius 1 is 0.918 bits per heavy atom. The number of aromatic hydroxyl groups is 2. The number of aliphatic hydroxyl groups excluding tert-OH is 2. The molecule has 4 aliphatic rings. The van der Waals surface area contributed by atoms with Crippen molar-refractivity contribution in [1.82, 2.24) is 19.9 Å². The molecule has 4 aliphatic heterocycles. The molecular formula is C63H81N7O14S. The fourth-order valence-electron chi connectivity index (χ4n) is 11.8. The van der Waals surface area contributed by atoms with E-state index in [1.54, 1.807) is 86.3 Å². The highest BCUT2D eigenvalue weighted by atomic mass is 32.2. The smallest absolute Gasteiger partial charge is 0.312 e. The zero-order valence-corrected chi connectivity index (χ0v) is 52.0. The van der Waals surface area contributed by atoms with E-state index in [1.165, 1.54) is 27.2 Å². The molecule has 1 unspecified atom stereocenters. The SMILES string of the molecule is CO[C@H]1/C=C/O[C@@]2(C)Oc3c(C)c(O)c4c(O)c(c5c(c4c3C2=O)NC2(CCN(CC(C)C)CC2)N=5)=NC(=O)/C(C)=C\C=C\[C@H](C)[C@H](O)[C@@H](C)[C@@H](O)[C@@H](C)[C@H](OC(C)=O)[C@@H]1C.COc1ccc2nc(S(=O)Cc3ncc(C)c(OC)c3C)[nH]c2c1. The van der Waals surface area contributed by atoms with Gasteiger partial charge in [-0.3, -0.25) is 28.6 Å². The number of fused-ring (bicyclic) bond motifs is 2. The van der Waals surface area contributed by atoms with Gasteiger partial charge in [0.15, 0.2) is 10.9 Å². The normalized spacial score (nSPS) is 26.9. The number of aromatic amines is 1. The number of allylic oxidation sites excluding steroid dienone is 2. The number of ketones is 1. The molecule has 22 heteroatoms. The lowest BCUT2D eigenvalue weighted by Crippen LogP contribution is -2.47. The van der Waals surface area contributed by atoms with E-state index in [1.807, 2.05) is 32.0 Å². The van der Waals surface area contributed by atoms with E-state index < -0.39 is 93.7 Å². The minimum atomic E-state index is -1.95. The first-order valence-electron chi connectivity index (χ1n) is 28.7. The third kappa shape index (κ3) is 12.8. The average Bonchev–Trinajstić information content (AvgIpc) is 1.69. The molecular weight excluding hydrogens is 1110 g/mol. The van der Waals surface area contributed by atoms with Gasteiger partial charge in [-0.15, -0.1) is 0 Å². The Labute approximate surface area is 497 Å². The molecule has 0 saturated carbocycles. The lowest BCUT2D eigenvalue weighted by Gasteiger charge is -2.38. The lowest BCUT2D eigenvalue weighted by atomic mass is 9.78. The van der Waals surface area contributed by atoms with Gasteiger partial charge in [0.1, 0.15) is 45.5 Å². The van der Waals surface area contributed by atoms with Crippen LogP contribution in [0.1, 0.15) is 108 Å². The zero-order valence-electron chi connectivity index (χ0n) is 51.2. The third-order valence-corrected chi connectivity index (χ3v) is 18.0. The van der Waals surface area contributed by atoms with Crippen LogP contribution in [0.5, 0.6) is 28.7 Å². The summed E-state index contributed by atoms with van der Waals surface area (Å²) in [6, 6.07) is 5.50. The van der Waals surface area contributed by atoms with Crippen LogP contribution in [-0.2, 0) is 40.4 Å². The molecule has 0 radical (unpaired) electrons.